The number of hydrogen-bond acceptors (Lipinski definition) is 4. The van der Waals surface area contributed by atoms with Crippen molar-refractivity contribution >= 4 is 12.1 Å². The van der Waals surface area contributed by atoms with Gasteiger partial charge in [0, 0.05) is 6.04 Å². The Bertz CT molecular complexity index is 637. The number of fused-ring (bicyclic) bond motifs is 1. The first-order valence-electron chi connectivity index (χ1n) is 8.43. The lowest BCUT2D eigenvalue weighted by atomic mass is 10.0. The van der Waals surface area contributed by atoms with Gasteiger partial charge in [0.15, 0.2) is 0 Å². The Morgan fingerprint density at radius 1 is 1.21 bits per heavy atom. The van der Waals surface area contributed by atoms with Crippen LogP contribution in [0.5, 0.6) is 0 Å². The topological polar surface area (TPSA) is 55.8 Å². The molecule has 1 aliphatic carbocycles. The summed E-state index contributed by atoms with van der Waals surface area (Å²) < 4.78 is 11.0. The van der Waals surface area contributed by atoms with Gasteiger partial charge in [-0.1, -0.05) is 25.1 Å². The number of carbonyl (C=O) groups is 2. The maximum absolute atomic E-state index is 12.5. The number of rotatable bonds is 3. The third kappa shape index (κ3) is 3.40. The summed E-state index contributed by atoms with van der Waals surface area (Å²) in [4.78, 5) is 26.4. The van der Waals surface area contributed by atoms with Crippen molar-refractivity contribution in [3.63, 3.8) is 0 Å². The van der Waals surface area contributed by atoms with Crippen LogP contribution in [0.4, 0.5) is 4.79 Å². The van der Waals surface area contributed by atoms with Crippen LogP contribution in [0.25, 0.3) is 0 Å². The van der Waals surface area contributed by atoms with E-state index in [1.165, 1.54) is 0 Å². The molecule has 130 valence electrons. The lowest BCUT2D eigenvalue weighted by Gasteiger charge is -2.30. The predicted octanol–water partition coefficient (Wildman–Crippen LogP) is 3.63. The number of piperidine rings is 1. The average Bonchev–Trinajstić information content (AvgIpc) is 3.05. The van der Waals surface area contributed by atoms with Gasteiger partial charge in [0.1, 0.15) is 12.2 Å². The van der Waals surface area contributed by atoms with E-state index < -0.39 is 5.60 Å². The molecule has 0 N–H and O–H groups in total. The molecule has 3 rings (SSSR count). The molecule has 0 spiro atoms. The van der Waals surface area contributed by atoms with Gasteiger partial charge >= 0.3 is 12.1 Å². The van der Waals surface area contributed by atoms with Crippen LogP contribution in [0.2, 0.25) is 0 Å². The second kappa shape index (κ2) is 5.80. The van der Waals surface area contributed by atoms with Crippen LogP contribution in [0, 0.1) is 5.41 Å². The molecular weight excluding hydrogens is 306 g/mol. The van der Waals surface area contributed by atoms with Crippen LogP contribution in [0.1, 0.15) is 50.9 Å². The SMILES string of the molecule is CC(C)(C)OC(=O)N1C2C[C@]2(C)C[C@H]1COC(=O)c1ccccc1. The molecular formula is C19H25NO4. The molecule has 1 saturated carbocycles. The number of likely N-dealkylation sites (tertiary alicyclic amines) is 1. The van der Waals surface area contributed by atoms with Gasteiger partial charge in [-0.15, -0.1) is 0 Å². The van der Waals surface area contributed by atoms with Gasteiger partial charge in [-0.25, -0.2) is 9.59 Å². The summed E-state index contributed by atoms with van der Waals surface area (Å²) in [6, 6.07) is 8.99. The highest BCUT2D eigenvalue weighted by Gasteiger charge is 2.63. The molecule has 3 atom stereocenters. The number of hydrogen-bond donors (Lipinski definition) is 0. The van der Waals surface area contributed by atoms with E-state index in [1.807, 2.05) is 26.8 Å². The van der Waals surface area contributed by atoms with Crippen LogP contribution < -0.4 is 0 Å². The monoisotopic (exact) mass is 331 g/mol. The molecule has 2 aliphatic rings. The van der Waals surface area contributed by atoms with Crippen LogP contribution in [-0.4, -0.2) is 41.3 Å². The molecule has 0 aromatic heterocycles. The number of ether oxygens (including phenoxy) is 2. The van der Waals surface area contributed by atoms with Crippen molar-refractivity contribution < 1.29 is 19.1 Å². The number of amides is 1. The van der Waals surface area contributed by atoms with Gasteiger partial charge in [0.2, 0.25) is 0 Å². The van der Waals surface area contributed by atoms with Crippen LogP contribution in [0.15, 0.2) is 30.3 Å². The van der Waals surface area contributed by atoms with Crippen molar-refractivity contribution in [2.45, 2.75) is 58.2 Å². The molecule has 0 radical (unpaired) electrons. The van der Waals surface area contributed by atoms with Crippen molar-refractivity contribution in [2.24, 2.45) is 5.41 Å². The summed E-state index contributed by atoms with van der Waals surface area (Å²) in [6.07, 6.45) is 1.53. The van der Waals surface area contributed by atoms with E-state index in [2.05, 4.69) is 6.92 Å². The smallest absolute Gasteiger partial charge is 0.410 e. The first-order valence-corrected chi connectivity index (χ1v) is 8.43. The van der Waals surface area contributed by atoms with E-state index in [0.717, 1.165) is 12.8 Å². The molecule has 24 heavy (non-hydrogen) atoms. The minimum absolute atomic E-state index is 0.115. The van der Waals surface area contributed by atoms with Crippen molar-refractivity contribution in [1.29, 1.82) is 0 Å². The van der Waals surface area contributed by atoms with Gasteiger partial charge in [-0.05, 0) is 51.2 Å². The second-order valence-electron chi connectivity index (χ2n) is 8.08. The summed E-state index contributed by atoms with van der Waals surface area (Å²) in [5.41, 5.74) is 0.132. The largest absolute Gasteiger partial charge is 0.460 e. The molecule has 1 aromatic rings. The van der Waals surface area contributed by atoms with Crippen LogP contribution >= 0.6 is 0 Å². The van der Waals surface area contributed by atoms with E-state index >= 15 is 0 Å². The Balaban J connectivity index is 1.64. The Morgan fingerprint density at radius 3 is 2.50 bits per heavy atom. The highest BCUT2D eigenvalue weighted by atomic mass is 16.6. The van der Waals surface area contributed by atoms with Crippen molar-refractivity contribution in [3.8, 4) is 0 Å². The Morgan fingerprint density at radius 2 is 1.88 bits per heavy atom. The molecule has 5 nitrogen and oxygen atoms in total. The van der Waals surface area contributed by atoms with E-state index in [1.54, 1.807) is 29.2 Å². The minimum Gasteiger partial charge on any atom is -0.460 e. The molecule has 1 heterocycles. The quantitative estimate of drug-likeness (QED) is 0.794. The third-order valence-electron chi connectivity index (χ3n) is 4.76. The average molecular weight is 331 g/mol. The number of nitrogens with zero attached hydrogens (tertiary/aromatic N) is 1. The zero-order valence-corrected chi connectivity index (χ0v) is 14.7. The highest BCUT2D eigenvalue weighted by molar-refractivity contribution is 5.89. The molecule has 1 saturated heterocycles. The van der Waals surface area contributed by atoms with Gasteiger partial charge in [0.25, 0.3) is 0 Å². The number of esters is 1. The van der Waals surface area contributed by atoms with Gasteiger partial charge in [-0.3, -0.25) is 4.90 Å². The predicted molar refractivity (Wildman–Crippen MR) is 89.7 cm³/mol. The third-order valence-corrected chi connectivity index (χ3v) is 4.76. The normalized spacial score (nSPS) is 28.2. The number of carbonyl (C=O) groups excluding carboxylic acids is 2. The molecule has 0 bridgehead atoms. The maximum Gasteiger partial charge on any atom is 0.410 e. The zero-order chi connectivity index (χ0) is 17.5. The van der Waals surface area contributed by atoms with Gasteiger partial charge in [0.05, 0.1) is 11.6 Å². The van der Waals surface area contributed by atoms with Crippen molar-refractivity contribution in [2.75, 3.05) is 6.61 Å². The van der Waals surface area contributed by atoms with E-state index in [9.17, 15) is 9.59 Å². The summed E-state index contributed by atoms with van der Waals surface area (Å²) in [7, 11) is 0. The molecule has 1 unspecified atom stereocenters. The van der Waals surface area contributed by atoms with E-state index in [0.29, 0.717) is 5.56 Å². The Labute approximate surface area is 142 Å². The van der Waals surface area contributed by atoms with E-state index in [4.69, 9.17) is 9.47 Å². The first-order chi connectivity index (χ1) is 11.2. The molecule has 2 fully saturated rings. The Hall–Kier alpha value is -2.04. The lowest BCUT2D eigenvalue weighted by Crippen LogP contribution is -2.44. The lowest BCUT2D eigenvalue weighted by molar-refractivity contribution is 0.00570. The fourth-order valence-electron chi connectivity index (χ4n) is 3.49. The van der Waals surface area contributed by atoms with E-state index in [-0.39, 0.29) is 36.2 Å². The molecule has 1 aromatic carbocycles. The summed E-state index contributed by atoms with van der Waals surface area (Å²) in [5, 5.41) is 0. The minimum atomic E-state index is -0.532. The van der Waals surface area contributed by atoms with Crippen LogP contribution in [-0.2, 0) is 9.47 Å². The molecule has 5 heteroatoms. The number of benzene rings is 1. The molecule has 1 amide bonds. The molecule has 1 aliphatic heterocycles. The highest BCUT2D eigenvalue weighted by Crippen LogP contribution is 2.59. The Kier molecular flexibility index (Phi) is 4.06. The zero-order valence-electron chi connectivity index (χ0n) is 14.7. The summed E-state index contributed by atoms with van der Waals surface area (Å²) >= 11 is 0. The first kappa shape index (κ1) is 16.8. The van der Waals surface area contributed by atoms with Crippen molar-refractivity contribution in [1.82, 2.24) is 4.90 Å². The van der Waals surface area contributed by atoms with Gasteiger partial charge in [-0.2, -0.15) is 0 Å². The maximum atomic E-state index is 12.5. The van der Waals surface area contributed by atoms with Gasteiger partial charge < -0.3 is 9.47 Å². The second-order valence-corrected chi connectivity index (χ2v) is 8.08. The summed E-state index contributed by atoms with van der Waals surface area (Å²) in [6.45, 7) is 7.96. The van der Waals surface area contributed by atoms with Crippen molar-refractivity contribution in [3.05, 3.63) is 35.9 Å². The standard InChI is InChI=1S/C19H25NO4/c1-18(2,3)24-17(22)20-14(10-19(4)11-15(19)20)12-23-16(21)13-8-6-5-7-9-13/h5-9,14-15H,10-12H2,1-4H3/t14-,15?,19-/m0/s1. The fourth-order valence-corrected chi connectivity index (χ4v) is 3.49. The summed E-state index contributed by atoms with van der Waals surface area (Å²) in [5.74, 6) is -0.356. The van der Waals surface area contributed by atoms with Crippen LogP contribution in [0.3, 0.4) is 0 Å². The fraction of sp³-hybridized carbons (Fsp3) is 0.579.